The van der Waals surface area contributed by atoms with E-state index < -0.39 is 0 Å². The molecule has 0 aliphatic carbocycles. The van der Waals surface area contributed by atoms with Crippen LogP contribution >= 0.6 is 11.3 Å². The number of pyridine rings is 1. The van der Waals surface area contributed by atoms with Crippen molar-refractivity contribution in [1.29, 1.82) is 0 Å². The number of benzene rings is 1. The monoisotopic (exact) mass is 375 g/mol. The highest BCUT2D eigenvalue weighted by Crippen LogP contribution is 2.27. The molecule has 5 nitrogen and oxygen atoms in total. The van der Waals surface area contributed by atoms with Crippen molar-refractivity contribution in [2.24, 2.45) is 0 Å². The average Bonchev–Trinajstić information content (AvgIpc) is 3.30. The van der Waals surface area contributed by atoms with Gasteiger partial charge in [0, 0.05) is 37.9 Å². The molecule has 1 aromatic carbocycles. The summed E-state index contributed by atoms with van der Waals surface area (Å²) in [7, 11) is 0. The topological polar surface area (TPSA) is 46.8 Å². The maximum atomic E-state index is 4.80. The van der Waals surface area contributed by atoms with Gasteiger partial charge in [0.05, 0.1) is 21.4 Å². The minimum absolute atomic E-state index is 0.378. The Morgan fingerprint density at radius 1 is 1.07 bits per heavy atom. The molecule has 5 rings (SSSR count). The highest BCUT2D eigenvalue weighted by Gasteiger charge is 2.22. The van der Waals surface area contributed by atoms with Gasteiger partial charge in [-0.3, -0.25) is 4.90 Å². The molecule has 136 valence electrons. The number of fused-ring (bicyclic) bond motifs is 2. The molecule has 6 heteroatoms. The molecule has 1 aliphatic rings. The van der Waals surface area contributed by atoms with Crippen LogP contribution < -0.4 is 0 Å². The average molecular weight is 376 g/mol. The van der Waals surface area contributed by atoms with Crippen LogP contribution in [0, 0.1) is 0 Å². The van der Waals surface area contributed by atoms with Crippen molar-refractivity contribution >= 4 is 21.6 Å². The van der Waals surface area contributed by atoms with E-state index in [0.717, 1.165) is 37.3 Å². The third kappa shape index (κ3) is 3.15. The van der Waals surface area contributed by atoms with E-state index in [-0.39, 0.29) is 0 Å². The summed E-state index contributed by atoms with van der Waals surface area (Å²) in [6.45, 7) is 4.35. The minimum atomic E-state index is 0.378. The molecule has 0 saturated carbocycles. The number of hydrogen-bond donors (Lipinski definition) is 0. The first kappa shape index (κ1) is 16.6. The van der Waals surface area contributed by atoms with Crippen molar-refractivity contribution in [3.05, 3.63) is 71.1 Å². The quantitative estimate of drug-likeness (QED) is 0.542. The van der Waals surface area contributed by atoms with Crippen molar-refractivity contribution in [2.45, 2.75) is 25.8 Å². The van der Waals surface area contributed by atoms with E-state index in [1.807, 2.05) is 34.6 Å². The molecule has 1 atom stereocenters. The fourth-order valence-corrected chi connectivity index (χ4v) is 4.49. The van der Waals surface area contributed by atoms with Crippen LogP contribution in [0.2, 0.25) is 0 Å². The lowest BCUT2D eigenvalue weighted by molar-refractivity contribution is 0.220. The third-order valence-corrected chi connectivity index (χ3v) is 6.26. The first-order valence-corrected chi connectivity index (χ1v) is 10.2. The molecule has 0 saturated heterocycles. The second-order valence-corrected chi connectivity index (χ2v) is 7.91. The summed E-state index contributed by atoms with van der Waals surface area (Å²) < 4.78 is 3.17. The highest BCUT2D eigenvalue weighted by atomic mass is 32.1. The Kier molecular flexibility index (Phi) is 4.22. The minimum Gasteiger partial charge on any atom is -0.296 e. The molecule has 0 radical (unpaired) electrons. The van der Waals surface area contributed by atoms with Crippen LogP contribution in [0.25, 0.3) is 16.0 Å². The Bertz CT molecular complexity index is 1040. The third-order valence-electron chi connectivity index (χ3n) is 5.45. The Morgan fingerprint density at radius 3 is 2.89 bits per heavy atom. The predicted molar refractivity (Wildman–Crippen MR) is 108 cm³/mol. The number of hydrogen-bond acceptors (Lipinski definition) is 5. The van der Waals surface area contributed by atoms with Gasteiger partial charge in [0.15, 0.2) is 5.82 Å². The Balaban J connectivity index is 1.34. The van der Waals surface area contributed by atoms with Crippen molar-refractivity contribution in [3.63, 3.8) is 0 Å². The maximum absolute atomic E-state index is 4.80. The molecule has 0 bridgehead atoms. The van der Waals surface area contributed by atoms with Crippen LogP contribution in [0.15, 0.2) is 54.3 Å². The second-order valence-electron chi connectivity index (χ2n) is 7.03. The van der Waals surface area contributed by atoms with E-state index in [1.165, 1.54) is 21.5 Å². The van der Waals surface area contributed by atoms with Crippen molar-refractivity contribution in [2.75, 3.05) is 13.1 Å². The SMILES string of the molecule is CC(c1ccc2scnc2c1)N1CCc2cn(-c3ccccn3)nc2CC1. The first-order valence-electron chi connectivity index (χ1n) is 9.34. The Morgan fingerprint density at radius 2 is 2.00 bits per heavy atom. The Labute approximate surface area is 162 Å². The molecule has 27 heavy (non-hydrogen) atoms. The van der Waals surface area contributed by atoms with Gasteiger partial charge >= 0.3 is 0 Å². The summed E-state index contributed by atoms with van der Waals surface area (Å²) in [6.07, 6.45) is 5.95. The van der Waals surface area contributed by atoms with Gasteiger partial charge in [0.25, 0.3) is 0 Å². The Hall–Kier alpha value is -2.57. The zero-order chi connectivity index (χ0) is 18.2. The van der Waals surface area contributed by atoms with E-state index in [4.69, 9.17) is 5.10 Å². The maximum Gasteiger partial charge on any atom is 0.153 e. The van der Waals surface area contributed by atoms with Gasteiger partial charge in [0.1, 0.15) is 0 Å². The zero-order valence-corrected chi connectivity index (χ0v) is 16.1. The van der Waals surface area contributed by atoms with E-state index in [1.54, 1.807) is 11.3 Å². The van der Waals surface area contributed by atoms with Gasteiger partial charge in [-0.05, 0) is 48.7 Å². The van der Waals surface area contributed by atoms with Crippen molar-refractivity contribution in [3.8, 4) is 5.82 Å². The fraction of sp³-hybridized carbons (Fsp3) is 0.286. The van der Waals surface area contributed by atoms with E-state index >= 15 is 0 Å². The van der Waals surface area contributed by atoms with Gasteiger partial charge < -0.3 is 0 Å². The van der Waals surface area contributed by atoms with Crippen LogP contribution in [0.1, 0.15) is 29.8 Å². The smallest absolute Gasteiger partial charge is 0.153 e. The van der Waals surface area contributed by atoms with Crippen LogP contribution in [0.3, 0.4) is 0 Å². The summed E-state index contributed by atoms with van der Waals surface area (Å²) >= 11 is 1.70. The van der Waals surface area contributed by atoms with Crippen molar-refractivity contribution in [1.82, 2.24) is 24.6 Å². The summed E-state index contributed by atoms with van der Waals surface area (Å²) in [6, 6.07) is 13.0. The summed E-state index contributed by atoms with van der Waals surface area (Å²) in [5.41, 5.74) is 6.90. The molecule has 1 aliphatic heterocycles. The van der Waals surface area contributed by atoms with Gasteiger partial charge in [-0.25, -0.2) is 14.6 Å². The second kappa shape index (κ2) is 6.87. The molecular weight excluding hydrogens is 354 g/mol. The number of aromatic nitrogens is 4. The molecule has 0 amide bonds. The summed E-state index contributed by atoms with van der Waals surface area (Å²) in [4.78, 5) is 11.4. The number of rotatable bonds is 3. The lowest BCUT2D eigenvalue weighted by atomic mass is 10.1. The lowest BCUT2D eigenvalue weighted by Crippen LogP contribution is -2.29. The van der Waals surface area contributed by atoms with Gasteiger partial charge in [-0.1, -0.05) is 12.1 Å². The van der Waals surface area contributed by atoms with Crippen LogP contribution in [-0.2, 0) is 12.8 Å². The molecule has 0 N–H and O–H groups in total. The predicted octanol–water partition coefficient (Wildman–Crippen LogP) is 4.04. The van der Waals surface area contributed by atoms with E-state index in [2.05, 4.69) is 46.2 Å². The molecular formula is C21H21N5S. The van der Waals surface area contributed by atoms with E-state index in [0.29, 0.717) is 6.04 Å². The number of thiazole rings is 1. The largest absolute Gasteiger partial charge is 0.296 e. The van der Waals surface area contributed by atoms with Gasteiger partial charge in [-0.15, -0.1) is 11.3 Å². The molecule has 4 heterocycles. The first-order chi connectivity index (χ1) is 13.3. The normalized spacial score (nSPS) is 16.2. The fourth-order valence-electron chi connectivity index (χ4n) is 3.83. The lowest BCUT2D eigenvalue weighted by Gasteiger charge is -2.28. The number of nitrogens with zero attached hydrogens (tertiary/aromatic N) is 5. The molecule has 0 fully saturated rings. The molecule has 0 spiro atoms. The zero-order valence-electron chi connectivity index (χ0n) is 15.2. The van der Waals surface area contributed by atoms with E-state index in [9.17, 15) is 0 Å². The van der Waals surface area contributed by atoms with Gasteiger partial charge in [0.2, 0.25) is 0 Å². The van der Waals surface area contributed by atoms with Gasteiger partial charge in [-0.2, -0.15) is 5.10 Å². The molecule has 4 aromatic rings. The van der Waals surface area contributed by atoms with Crippen molar-refractivity contribution < 1.29 is 0 Å². The summed E-state index contributed by atoms with van der Waals surface area (Å²) in [5, 5.41) is 4.80. The van der Waals surface area contributed by atoms with Crippen LogP contribution in [-0.4, -0.2) is 37.7 Å². The standard InChI is InChI=1S/C21H21N5S/c1-15(16-5-6-20-19(12-16)23-14-27-20)25-10-7-17-13-26(24-18(17)8-11-25)21-4-2-3-9-22-21/h2-6,9,12-15H,7-8,10-11H2,1H3. The molecule has 1 unspecified atom stereocenters. The van der Waals surface area contributed by atoms with Crippen LogP contribution in [0.4, 0.5) is 0 Å². The molecule has 3 aromatic heterocycles. The highest BCUT2D eigenvalue weighted by molar-refractivity contribution is 7.16. The van der Waals surface area contributed by atoms with Crippen LogP contribution in [0.5, 0.6) is 0 Å². The summed E-state index contributed by atoms with van der Waals surface area (Å²) in [5.74, 6) is 0.882.